The molecule has 0 spiro atoms. The topological polar surface area (TPSA) is 62.9 Å². The zero-order valence-electron chi connectivity index (χ0n) is 13.3. The van der Waals surface area contributed by atoms with Crippen molar-refractivity contribution in [1.82, 2.24) is 4.90 Å². The van der Waals surface area contributed by atoms with Crippen LogP contribution in [0.2, 0.25) is 0 Å². The molecule has 6 heteroatoms. The van der Waals surface area contributed by atoms with Crippen molar-refractivity contribution >= 4 is 0 Å². The third-order valence-corrected chi connectivity index (χ3v) is 4.03. The molecule has 1 N–H and O–H groups in total. The van der Waals surface area contributed by atoms with Gasteiger partial charge in [-0.1, -0.05) is 12.1 Å². The number of benzene rings is 1. The lowest BCUT2D eigenvalue weighted by Crippen LogP contribution is -2.31. The van der Waals surface area contributed by atoms with E-state index in [1.54, 1.807) is 6.07 Å². The van der Waals surface area contributed by atoms with Crippen LogP contribution in [0.3, 0.4) is 0 Å². The fraction of sp³-hybridized carbons (Fsp3) is 0.389. The Labute approximate surface area is 139 Å². The molecule has 3 rings (SSSR count). The van der Waals surface area contributed by atoms with Crippen molar-refractivity contribution in [3.63, 3.8) is 0 Å². The van der Waals surface area contributed by atoms with Crippen LogP contribution in [-0.4, -0.2) is 29.3 Å². The third-order valence-electron chi connectivity index (χ3n) is 4.03. The Balaban J connectivity index is 1.75. The number of aromatic hydroxyl groups is 1. The van der Waals surface area contributed by atoms with Crippen LogP contribution in [0.4, 0.5) is 4.39 Å². The molecule has 5 nitrogen and oxygen atoms in total. The van der Waals surface area contributed by atoms with Crippen molar-refractivity contribution in [3.05, 3.63) is 64.0 Å². The Hall–Kier alpha value is -2.18. The fourth-order valence-electron chi connectivity index (χ4n) is 2.90. The van der Waals surface area contributed by atoms with E-state index in [2.05, 4.69) is 4.90 Å². The molecule has 1 saturated heterocycles. The zero-order valence-corrected chi connectivity index (χ0v) is 13.3. The van der Waals surface area contributed by atoms with Gasteiger partial charge in [0, 0.05) is 25.8 Å². The highest BCUT2D eigenvalue weighted by Gasteiger charge is 2.20. The van der Waals surface area contributed by atoms with Crippen molar-refractivity contribution in [2.45, 2.75) is 32.0 Å². The van der Waals surface area contributed by atoms with Crippen LogP contribution < -0.4 is 5.43 Å². The minimum absolute atomic E-state index is 0.127. The van der Waals surface area contributed by atoms with Crippen LogP contribution >= 0.6 is 0 Å². The molecule has 0 radical (unpaired) electrons. The molecule has 0 bridgehead atoms. The van der Waals surface area contributed by atoms with E-state index in [1.165, 1.54) is 18.2 Å². The molecule has 1 unspecified atom stereocenters. The molecular weight excluding hydrogens is 313 g/mol. The van der Waals surface area contributed by atoms with Gasteiger partial charge in [0.2, 0.25) is 5.43 Å². The molecular formula is C18H20FNO4. The Morgan fingerprint density at radius 2 is 2.17 bits per heavy atom. The summed E-state index contributed by atoms with van der Waals surface area (Å²) < 4.78 is 24.4. The normalized spacial score (nSPS) is 17.5. The van der Waals surface area contributed by atoms with Crippen LogP contribution in [-0.2, 0) is 17.8 Å². The molecule has 2 aromatic rings. The number of rotatable bonds is 6. The third kappa shape index (κ3) is 4.43. The van der Waals surface area contributed by atoms with E-state index < -0.39 is 11.2 Å². The van der Waals surface area contributed by atoms with Gasteiger partial charge in [-0.25, -0.2) is 4.39 Å². The van der Waals surface area contributed by atoms with Crippen molar-refractivity contribution in [2.75, 3.05) is 13.2 Å². The summed E-state index contributed by atoms with van der Waals surface area (Å²) in [6.45, 7) is 2.32. The van der Waals surface area contributed by atoms with Crippen LogP contribution in [0.5, 0.6) is 5.75 Å². The van der Waals surface area contributed by atoms with Gasteiger partial charge >= 0.3 is 0 Å². The first-order chi connectivity index (χ1) is 11.6. The summed E-state index contributed by atoms with van der Waals surface area (Å²) in [5.41, 5.74) is 0.369. The largest absolute Gasteiger partial charge is 0.502 e. The van der Waals surface area contributed by atoms with E-state index in [4.69, 9.17) is 9.15 Å². The molecule has 0 saturated carbocycles. The van der Waals surface area contributed by atoms with Gasteiger partial charge in [-0.3, -0.25) is 9.69 Å². The maximum Gasteiger partial charge on any atom is 0.226 e. The van der Waals surface area contributed by atoms with Gasteiger partial charge < -0.3 is 14.3 Å². The highest BCUT2D eigenvalue weighted by Crippen LogP contribution is 2.18. The molecule has 1 aliphatic heterocycles. The molecule has 0 aliphatic carbocycles. The van der Waals surface area contributed by atoms with Crippen LogP contribution in [0.25, 0.3) is 0 Å². The van der Waals surface area contributed by atoms with Crippen LogP contribution in [0.1, 0.15) is 24.2 Å². The average Bonchev–Trinajstić information content (AvgIpc) is 3.04. The molecule has 1 aromatic heterocycles. The lowest BCUT2D eigenvalue weighted by molar-refractivity contribution is 0.0652. The molecule has 1 fully saturated rings. The summed E-state index contributed by atoms with van der Waals surface area (Å²) in [4.78, 5) is 13.6. The quantitative estimate of drug-likeness (QED) is 0.880. The SMILES string of the molecule is O=c1cc(CN(Cc2cccc(F)c2)CC2CCCO2)occ1O. The average molecular weight is 333 g/mol. The van der Waals surface area contributed by atoms with E-state index in [9.17, 15) is 14.3 Å². The maximum absolute atomic E-state index is 13.4. The first-order valence-corrected chi connectivity index (χ1v) is 7.99. The predicted octanol–water partition coefficient (Wildman–Crippen LogP) is 2.67. The van der Waals surface area contributed by atoms with Gasteiger partial charge in [-0.15, -0.1) is 0 Å². The highest BCUT2D eigenvalue weighted by molar-refractivity contribution is 5.17. The Kier molecular flexibility index (Phi) is 5.27. The molecule has 24 heavy (non-hydrogen) atoms. The smallest absolute Gasteiger partial charge is 0.226 e. The summed E-state index contributed by atoms with van der Waals surface area (Å²) in [5, 5.41) is 9.29. The lowest BCUT2D eigenvalue weighted by atomic mass is 10.1. The van der Waals surface area contributed by atoms with Gasteiger partial charge in [0.15, 0.2) is 5.75 Å². The van der Waals surface area contributed by atoms with Gasteiger partial charge in [-0.05, 0) is 30.5 Å². The molecule has 1 aromatic carbocycles. The lowest BCUT2D eigenvalue weighted by Gasteiger charge is -2.24. The van der Waals surface area contributed by atoms with Crippen molar-refractivity contribution in [2.24, 2.45) is 0 Å². The minimum Gasteiger partial charge on any atom is -0.502 e. The maximum atomic E-state index is 13.4. The first-order valence-electron chi connectivity index (χ1n) is 7.99. The second-order valence-corrected chi connectivity index (χ2v) is 6.03. The Morgan fingerprint density at radius 3 is 2.88 bits per heavy atom. The zero-order chi connectivity index (χ0) is 16.9. The molecule has 1 atom stereocenters. The fourth-order valence-corrected chi connectivity index (χ4v) is 2.90. The second-order valence-electron chi connectivity index (χ2n) is 6.03. The molecule has 128 valence electrons. The summed E-state index contributed by atoms with van der Waals surface area (Å²) in [7, 11) is 0. The van der Waals surface area contributed by atoms with Crippen molar-refractivity contribution in [1.29, 1.82) is 0 Å². The summed E-state index contributed by atoms with van der Waals surface area (Å²) >= 11 is 0. The Bertz CT molecular complexity index is 740. The summed E-state index contributed by atoms with van der Waals surface area (Å²) in [6.07, 6.45) is 3.19. The number of hydrogen-bond acceptors (Lipinski definition) is 5. The number of halogens is 1. The highest BCUT2D eigenvalue weighted by atomic mass is 19.1. The Morgan fingerprint density at radius 1 is 1.29 bits per heavy atom. The minimum atomic E-state index is -0.473. The number of hydrogen-bond donors (Lipinski definition) is 1. The summed E-state index contributed by atoms with van der Waals surface area (Å²) in [6, 6.07) is 7.72. The van der Waals surface area contributed by atoms with Crippen LogP contribution in [0, 0.1) is 5.82 Å². The van der Waals surface area contributed by atoms with E-state index in [0.29, 0.717) is 25.4 Å². The molecule has 1 aliphatic rings. The standard InChI is InChI=1S/C18H20FNO4/c19-14-4-1-3-13(7-14)9-20(10-15-5-2-6-23-15)11-16-8-17(21)18(22)12-24-16/h1,3-4,7-8,12,15,22H,2,5-6,9-11H2. The van der Waals surface area contributed by atoms with Crippen molar-refractivity contribution in [3.8, 4) is 5.75 Å². The van der Waals surface area contributed by atoms with Gasteiger partial charge in [0.05, 0.1) is 12.6 Å². The summed E-state index contributed by atoms with van der Waals surface area (Å²) in [5.74, 6) is -0.234. The van der Waals surface area contributed by atoms with Crippen LogP contribution in [0.15, 0.2) is 45.8 Å². The number of ether oxygens (including phenoxy) is 1. The second kappa shape index (κ2) is 7.59. The van der Waals surface area contributed by atoms with Gasteiger partial charge in [-0.2, -0.15) is 0 Å². The molecule has 2 heterocycles. The van der Waals surface area contributed by atoms with Gasteiger partial charge in [0.1, 0.15) is 17.8 Å². The first kappa shape index (κ1) is 16.7. The van der Waals surface area contributed by atoms with E-state index >= 15 is 0 Å². The molecule has 0 amide bonds. The van der Waals surface area contributed by atoms with Crippen molar-refractivity contribution < 1.29 is 18.7 Å². The predicted molar refractivity (Wildman–Crippen MR) is 86.1 cm³/mol. The monoisotopic (exact) mass is 333 g/mol. The van der Waals surface area contributed by atoms with E-state index in [-0.39, 0.29) is 11.9 Å². The van der Waals surface area contributed by atoms with Gasteiger partial charge in [0.25, 0.3) is 0 Å². The van der Waals surface area contributed by atoms with E-state index in [1.807, 2.05) is 6.07 Å². The number of nitrogens with zero attached hydrogens (tertiary/aromatic N) is 1. The van der Waals surface area contributed by atoms with E-state index in [0.717, 1.165) is 31.3 Å².